The molecule has 2 aliphatic rings. The van der Waals surface area contributed by atoms with Crippen molar-refractivity contribution in [2.75, 3.05) is 11.5 Å². The summed E-state index contributed by atoms with van der Waals surface area (Å²) in [6, 6.07) is 8.39. The summed E-state index contributed by atoms with van der Waals surface area (Å²) in [6.07, 6.45) is 5.03. The average Bonchev–Trinajstić information content (AvgIpc) is 2.79. The van der Waals surface area contributed by atoms with E-state index in [1.54, 1.807) is 0 Å². The van der Waals surface area contributed by atoms with Crippen molar-refractivity contribution in [3.8, 4) is 5.75 Å². The molecule has 1 heterocycles. The van der Waals surface area contributed by atoms with Crippen molar-refractivity contribution in [2.45, 2.75) is 37.3 Å². The smallest absolute Gasteiger partial charge is 0.120 e. The zero-order valence-electron chi connectivity index (χ0n) is 10.0. The van der Waals surface area contributed by atoms with Gasteiger partial charge in [0.05, 0.1) is 0 Å². The van der Waals surface area contributed by atoms with E-state index in [-0.39, 0.29) is 5.54 Å². The second-order valence-corrected chi connectivity index (χ2v) is 6.29. The summed E-state index contributed by atoms with van der Waals surface area (Å²) in [5, 5.41) is 0. The van der Waals surface area contributed by atoms with Crippen LogP contribution in [0.15, 0.2) is 24.3 Å². The van der Waals surface area contributed by atoms with E-state index in [1.807, 2.05) is 11.8 Å². The Bertz CT molecular complexity index is 397. The summed E-state index contributed by atoms with van der Waals surface area (Å²) in [4.78, 5) is 0. The fourth-order valence-electron chi connectivity index (χ4n) is 2.52. The Morgan fingerprint density at radius 2 is 2.24 bits per heavy atom. The van der Waals surface area contributed by atoms with Gasteiger partial charge in [-0.25, -0.2) is 0 Å². The predicted octanol–water partition coefficient (Wildman–Crippen LogP) is 2.91. The van der Waals surface area contributed by atoms with Crippen LogP contribution in [0.4, 0.5) is 0 Å². The number of rotatable bonds is 3. The van der Waals surface area contributed by atoms with E-state index < -0.39 is 0 Å². The molecule has 0 radical (unpaired) electrons. The molecule has 1 unspecified atom stereocenters. The highest BCUT2D eigenvalue weighted by Crippen LogP contribution is 2.39. The van der Waals surface area contributed by atoms with Gasteiger partial charge in [-0.05, 0) is 49.1 Å². The number of nitrogens with two attached hydrogens (primary N) is 1. The molecule has 1 aromatic rings. The van der Waals surface area contributed by atoms with Gasteiger partial charge in [0.2, 0.25) is 0 Å². The molecule has 0 aromatic heterocycles. The SMILES string of the molecule is NC1(c2cccc(OC3CCSC3)c2)CCC1. The normalized spacial score (nSPS) is 26.5. The summed E-state index contributed by atoms with van der Waals surface area (Å²) in [5.41, 5.74) is 7.50. The number of hydrogen-bond acceptors (Lipinski definition) is 3. The minimum absolute atomic E-state index is 0.0796. The van der Waals surface area contributed by atoms with E-state index in [0.29, 0.717) is 6.10 Å². The Kier molecular flexibility index (Phi) is 3.05. The second kappa shape index (κ2) is 4.54. The van der Waals surface area contributed by atoms with Crippen molar-refractivity contribution in [1.82, 2.24) is 0 Å². The van der Waals surface area contributed by atoms with E-state index in [4.69, 9.17) is 10.5 Å². The lowest BCUT2D eigenvalue weighted by Crippen LogP contribution is -2.43. The van der Waals surface area contributed by atoms with Crippen LogP contribution in [-0.2, 0) is 5.54 Å². The molecule has 0 bridgehead atoms. The molecule has 17 heavy (non-hydrogen) atoms. The van der Waals surface area contributed by atoms with Crippen molar-refractivity contribution in [3.05, 3.63) is 29.8 Å². The van der Waals surface area contributed by atoms with Gasteiger partial charge in [0, 0.05) is 11.3 Å². The molecule has 1 atom stereocenters. The van der Waals surface area contributed by atoms with Gasteiger partial charge in [0.25, 0.3) is 0 Å². The third-order valence-electron chi connectivity index (χ3n) is 3.85. The zero-order valence-corrected chi connectivity index (χ0v) is 10.8. The van der Waals surface area contributed by atoms with Crippen LogP contribution in [0.25, 0.3) is 0 Å². The summed E-state index contributed by atoms with van der Waals surface area (Å²) in [5.74, 6) is 3.34. The Hall–Kier alpha value is -0.670. The molecule has 1 saturated heterocycles. The lowest BCUT2D eigenvalue weighted by Gasteiger charge is -2.38. The summed E-state index contributed by atoms with van der Waals surface area (Å²) in [6.45, 7) is 0. The maximum absolute atomic E-state index is 6.34. The van der Waals surface area contributed by atoms with Crippen LogP contribution in [0.3, 0.4) is 0 Å². The number of thioether (sulfide) groups is 1. The second-order valence-electron chi connectivity index (χ2n) is 5.14. The molecule has 2 N–H and O–H groups in total. The average molecular weight is 249 g/mol. The van der Waals surface area contributed by atoms with Crippen molar-refractivity contribution >= 4 is 11.8 Å². The molecular formula is C14H19NOS. The van der Waals surface area contributed by atoms with E-state index in [1.165, 1.54) is 24.2 Å². The fraction of sp³-hybridized carbons (Fsp3) is 0.571. The molecule has 2 nitrogen and oxygen atoms in total. The van der Waals surface area contributed by atoms with Gasteiger partial charge in [-0.15, -0.1) is 0 Å². The van der Waals surface area contributed by atoms with Gasteiger partial charge in [-0.2, -0.15) is 11.8 Å². The first kappa shape index (κ1) is 11.4. The van der Waals surface area contributed by atoms with Gasteiger partial charge >= 0.3 is 0 Å². The Balaban J connectivity index is 1.74. The van der Waals surface area contributed by atoms with Gasteiger partial charge in [0.1, 0.15) is 11.9 Å². The molecule has 0 spiro atoms. The summed E-state index contributed by atoms with van der Waals surface area (Å²) in [7, 11) is 0. The van der Waals surface area contributed by atoms with Crippen LogP contribution in [0, 0.1) is 0 Å². The summed E-state index contributed by atoms with van der Waals surface area (Å²) < 4.78 is 6.00. The lowest BCUT2D eigenvalue weighted by atomic mass is 9.73. The predicted molar refractivity (Wildman–Crippen MR) is 72.5 cm³/mol. The minimum Gasteiger partial charge on any atom is -0.490 e. The van der Waals surface area contributed by atoms with Gasteiger partial charge in [0.15, 0.2) is 0 Å². The van der Waals surface area contributed by atoms with Crippen molar-refractivity contribution < 1.29 is 4.74 Å². The lowest BCUT2D eigenvalue weighted by molar-refractivity contribution is 0.225. The molecule has 1 aromatic carbocycles. The van der Waals surface area contributed by atoms with Crippen molar-refractivity contribution in [1.29, 1.82) is 0 Å². The van der Waals surface area contributed by atoms with Gasteiger partial charge < -0.3 is 10.5 Å². The molecule has 92 valence electrons. The Morgan fingerprint density at radius 3 is 2.88 bits per heavy atom. The molecule has 1 aliphatic heterocycles. The molecule has 0 amide bonds. The quantitative estimate of drug-likeness (QED) is 0.894. The maximum Gasteiger partial charge on any atom is 0.120 e. The Morgan fingerprint density at radius 1 is 1.35 bits per heavy atom. The van der Waals surface area contributed by atoms with Gasteiger partial charge in [-0.1, -0.05) is 12.1 Å². The molecule has 3 heteroatoms. The van der Waals surface area contributed by atoms with Crippen LogP contribution in [0.2, 0.25) is 0 Å². The third-order valence-corrected chi connectivity index (χ3v) is 4.98. The van der Waals surface area contributed by atoms with E-state index in [0.717, 1.165) is 24.3 Å². The van der Waals surface area contributed by atoms with E-state index >= 15 is 0 Å². The standard InChI is InChI=1S/C14H19NOS/c15-14(6-2-7-14)11-3-1-4-12(9-11)16-13-5-8-17-10-13/h1,3-4,9,13H,2,5-8,10,15H2. The van der Waals surface area contributed by atoms with E-state index in [9.17, 15) is 0 Å². The highest BCUT2D eigenvalue weighted by atomic mass is 32.2. The molecule has 1 saturated carbocycles. The highest BCUT2D eigenvalue weighted by molar-refractivity contribution is 7.99. The molecular weight excluding hydrogens is 230 g/mol. The number of hydrogen-bond donors (Lipinski definition) is 1. The van der Waals surface area contributed by atoms with Crippen LogP contribution in [0.1, 0.15) is 31.2 Å². The maximum atomic E-state index is 6.34. The largest absolute Gasteiger partial charge is 0.490 e. The summed E-state index contributed by atoms with van der Waals surface area (Å²) >= 11 is 1.98. The highest BCUT2D eigenvalue weighted by Gasteiger charge is 2.34. The minimum atomic E-state index is -0.0796. The van der Waals surface area contributed by atoms with Crippen LogP contribution in [-0.4, -0.2) is 17.6 Å². The topological polar surface area (TPSA) is 35.2 Å². The first-order chi connectivity index (χ1) is 8.26. The first-order valence-electron chi connectivity index (χ1n) is 6.40. The van der Waals surface area contributed by atoms with Crippen molar-refractivity contribution in [2.24, 2.45) is 5.73 Å². The van der Waals surface area contributed by atoms with Crippen LogP contribution in [0.5, 0.6) is 5.75 Å². The molecule has 1 aliphatic carbocycles. The number of benzene rings is 1. The molecule has 2 fully saturated rings. The van der Waals surface area contributed by atoms with Gasteiger partial charge in [-0.3, -0.25) is 0 Å². The monoisotopic (exact) mass is 249 g/mol. The van der Waals surface area contributed by atoms with E-state index in [2.05, 4.69) is 24.3 Å². The van der Waals surface area contributed by atoms with Crippen molar-refractivity contribution in [3.63, 3.8) is 0 Å². The fourth-order valence-corrected chi connectivity index (χ4v) is 3.62. The first-order valence-corrected chi connectivity index (χ1v) is 7.56. The zero-order chi connectivity index (χ0) is 11.7. The Labute approximate surface area is 107 Å². The molecule has 3 rings (SSSR count). The van der Waals surface area contributed by atoms with Crippen LogP contribution >= 0.6 is 11.8 Å². The van der Waals surface area contributed by atoms with Crippen LogP contribution < -0.4 is 10.5 Å². The third kappa shape index (κ3) is 2.31. The number of ether oxygens (including phenoxy) is 1.